The number of rotatable bonds is 6. The first-order chi connectivity index (χ1) is 12.2. The van der Waals surface area contributed by atoms with Crippen LogP contribution in [-0.4, -0.2) is 48.2 Å². The van der Waals surface area contributed by atoms with Gasteiger partial charge in [-0.15, -0.1) is 0 Å². The van der Waals surface area contributed by atoms with Crippen LogP contribution in [0.2, 0.25) is 0 Å². The predicted octanol–water partition coefficient (Wildman–Crippen LogP) is 2.00. The number of carbonyl (C=O) groups is 1. The van der Waals surface area contributed by atoms with E-state index < -0.39 is 0 Å². The Bertz CT molecular complexity index is 665. The van der Waals surface area contributed by atoms with Crippen LogP contribution >= 0.6 is 0 Å². The van der Waals surface area contributed by atoms with Crippen molar-refractivity contribution in [3.05, 3.63) is 23.9 Å². The van der Waals surface area contributed by atoms with Crippen molar-refractivity contribution in [2.75, 3.05) is 26.3 Å². The lowest BCUT2D eigenvalue weighted by Gasteiger charge is -2.20. The third-order valence-electron chi connectivity index (χ3n) is 5.56. The fourth-order valence-corrected chi connectivity index (χ4v) is 3.84. The third-order valence-corrected chi connectivity index (χ3v) is 5.56. The highest BCUT2D eigenvalue weighted by atomic mass is 16.5. The molecule has 25 heavy (non-hydrogen) atoms. The van der Waals surface area contributed by atoms with Gasteiger partial charge in [-0.25, -0.2) is 4.98 Å². The van der Waals surface area contributed by atoms with E-state index >= 15 is 0 Å². The van der Waals surface area contributed by atoms with Gasteiger partial charge in [-0.1, -0.05) is 0 Å². The van der Waals surface area contributed by atoms with Gasteiger partial charge in [0.05, 0.1) is 24.9 Å². The number of aromatic nitrogens is 1. The predicted molar refractivity (Wildman–Crippen MR) is 89.7 cm³/mol. The molecule has 1 aromatic heterocycles. The van der Waals surface area contributed by atoms with Gasteiger partial charge in [-0.3, -0.25) is 4.79 Å². The van der Waals surface area contributed by atoms with Gasteiger partial charge in [0.15, 0.2) is 0 Å². The smallest absolute Gasteiger partial charge is 0.222 e. The van der Waals surface area contributed by atoms with Crippen molar-refractivity contribution in [2.24, 2.45) is 17.8 Å². The van der Waals surface area contributed by atoms with Crippen LogP contribution in [0.4, 0.5) is 0 Å². The maximum absolute atomic E-state index is 12.3. The minimum Gasteiger partial charge on any atom is -0.478 e. The second-order valence-electron chi connectivity index (χ2n) is 7.38. The van der Waals surface area contributed by atoms with Crippen LogP contribution in [0, 0.1) is 29.1 Å². The van der Waals surface area contributed by atoms with Crippen molar-refractivity contribution < 1.29 is 14.3 Å². The molecule has 3 fully saturated rings. The topological polar surface area (TPSA) is 75.5 Å². The Labute approximate surface area is 147 Å². The molecule has 0 bridgehead atoms. The Hall–Kier alpha value is -2.13. The van der Waals surface area contributed by atoms with E-state index in [9.17, 15) is 4.79 Å². The summed E-state index contributed by atoms with van der Waals surface area (Å²) < 4.78 is 11.6. The summed E-state index contributed by atoms with van der Waals surface area (Å²) in [7, 11) is 0. The van der Waals surface area contributed by atoms with E-state index in [1.165, 1.54) is 19.0 Å². The van der Waals surface area contributed by atoms with Gasteiger partial charge in [0.25, 0.3) is 0 Å². The zero-order valence-electron chi connectivity index (χ0n) is 14.3. The minimum atomic E-state index is 0.196. The maximum atomic E-state index is 12.3. The molecule has 4 rings (SSSR count). The molecule has 3 heterocycles. The number of nitrogens with zero attached hydrogens (tertiary/aromatic N) is 3. The number of likely N-dealkylation sites (tertiary alicyclic amines) is 1. The van der Waals surface area contributed by atoms with E-state index in [1.807, 2.05) is 11.0 Å². The first-order valence-corrected chi connectivity index (χ1v) is 9.11. The van der Waals surface area contributed by atoms with Gasteiger partial charge < -0.3 is 14.4 Å². The fraction of sp³-hybridized carbons (Fsp3) is 0.632. The van der Waals surface area contributed by atoms with Crippen LogP contribution in [0.5, 0.6) is 5.88 Å². The van der Waals surface area contributed by atoms with Crippen LogP contribution in [0.15, 0.2) is 18.3 Å². The minimum absolute atomic E-state index is 0.196. The summed E-state index contributed by atoms with van der Waals surface area (Å²) in [6, 6.07) is 5.47. The molecule has 6 heteroatoms. The summed E-state index contributed by atoms with van der Waals surface area (Å²) in [6.07, 6.45) is 5.76. The van der Waals surface area contributed by atoms with Crippen molar-refractivity contribution in [1.82, 2.24) is 9.88 Å². The summed E-state index contributed by atoms with van der Waals surface area (Å²) >= 11 is 0. The van der Waals surface area contributed by atoms with Crippen molar-refractivity contribution in [3.63, 3.8) is 0 Å². The van der Waals surface area contributed by atoms with Crippen LogP contribution in [0.3, 0.4) is 0 Å². The maximum Gasteiger partial charge on any atom is 0.222 e. The molecule has 1 amide bonds. The van der Waals surface area contributed by atoms with E-state index in [1.54, 1.807) is 12.1 Å². The molecule has 1 aliphatic carbocycles. The molecule has 132 valence electrons. The summed E-state index contributed by atoms with van der Waals surface area (Å²) in [5.41, 5.74) is 0.529. The third kappa shape index (κ3) is 3.77. The van der Waals surface area contributed by atoms with Gasteiger partial charge in [0.1, 0.15) is 6.07 Å². The monoisotopic (exact) mass is 341 g/mol. The van der Waals surface area contributed by atoms with Crippen LogP contribution in [0.1, 0.15) is 31.2 Å². The number of fused-ring (bicyclic) bond motifs is 1. The van der Waals surface area contributed by atoms with E-state index in [4.69, 9.17) is 14.7 Å². The molecule has 3 aliphatic rings. The van der Waals surface area contributed by atoms with Crippen LogP contribution in [-0.2, 0) is 9.53 Å². The second-order valence-corrected chi connectivity index (χ2v) is 7.38. The Morgan fingerprint density at radius 2 is 2.28 bits per heavy atom. The van der Waals surface area contributed by atoms with Crippen molar-refractivity contribution in [2.45, 2.75) is 31.8 Å². The second kappa shape index (κ2) is 7.01. The molecule has 1 saturated carbocycles. The largest absolute Gasteiger partial charge is 0.478 e. The SMILES string of the molecule is N#Cc1ccc(OCC[C@@H]2CO[C@@H]3CN(C(=O)CC4CC4)C[C@H]23)nc1. The average Bonchev–Trinajstić information content (AvgIpc) is 3.21. The van der Waals surface area contributed by atoms with E-state index in [-0.39, 0.29) is 6.10 Å². The first-order valence-electron chi connectivity index (χ1n) is 9.11. The molecule has 6 nitrogen and oxygen atoms in total. The summed E-state index contributed by atoms with van der Waals surface area (Å²) in [4.78, 5) is 18.4. The number of hydrogen-bond acceptors (Lipinski definition) is 5. The number of hydrogen-bond donors (Lipinski definition) is 0. The molecule has 0 unspecified atom stereocenters. The van der Waals surface area contributed by atoms with Crippen molar-refractivity contribution in [1.29, 1.82) is 5.26 Å². The number of nitriles is 1. The molecular formula is C19H23N3O3. The first kappa shape index (κ1) is 16.3. The van der Waals surface area contributed by atoms with Gasteiger partial charge in [0.2, 0.25) is 11.8 Å². The molecule has 0 radical (unpaired) electrons. The number of pyridine rings is 1. The van der Waals surface area contributed by atoms with Gasteiger partial charge in [-0.2, -0.15) is 5.26 Å². The lowest BCUT2D eigenvalue weighted by Crippen LogP contribution is -2.31. The van der Waals surface area contributed by atoms with E-state index in [0.29, 0.717) is 41.7 Å². The zero-order chi connectivity index (χ0) is 17.2. The number of ether oxygens (including phenoxy) is 2. The standard InChI is InChI=1S/C19H23N3O3/c20-8-14-3-4-18(21-9-14)24-6-5-15-12-25-17-11-22(10-16(15)17)19(23)7-13-1-2-13/h3-4,9,13,15-17H,1-2,5-7,10-12H2/t15-,16-,17-/m1/s1. The van der Waals surface area contributed by atoms with Crippen molar-refractivity contribution >= 4 is 5.91 Å². The normalized spacial score (nSPS) is 27.8. The molecule has 3 atom stereocenters. The molecule has 2 saturated heterocycles. The highest BCUT2D eigenvalue weighted by molar-refractivity contribution is 5.77. The molecular weight excluding hydrogens is 318 g/mol. The number of amides is 1. The lowest BCUT2D eigenvalue weighted by molar-refractivity contribution is -0.131. The molecule has 0 spiro atoms. The van der Waals surface area contributed by atoms with Crippen molar-refractivity contribution in [3.8, 4) is 11.9 Å². The molecule has 0 aromatic carbocycles. The summed E-state index contributed by atoms with van der Waals surface area (Å²) in [5.74, 6) is 2.35. The van der Waals surface area contributed by atoms with Crippen LogP contribution < -0.4 is 4.74 Å². The summed E-state index contributed by atoms with van der Waals surface area (Å²) in [6.45, 7) is 2.91. The lowest BCUT2D eigenvalue weighted by atomic mass is 9.91. The van der Waals surface area contributed by atoms with E-state index in [0.717, 1.165) is 32.5 Å². The molecule has 0 N–H and O–H groups in total. The van der Waals surface area contributed by atoms with Crippen LogP contribution in [0.25, 0.3) is 0 Å². The fourth-order valence-electron chi connectivity index (χ4n) is 3.84. The molecule has 2 aliphatic heterocycles. The molecule has 1 aromatic rings. The highest BCUT2D eigenvalue weighted by Gasteiger charge is 2.45. The average molecular weight is 341 g/mol. The quantitative estimate of drug-likeness (QED) is 0.791. The zero-order valence-corrected chi connectivity index (χ0v) is 14.3. The summed E-state index contributed by atoms with van der Waals surface area (Å²) in [5, 5.41) is 8.77. The number of carbonyl (C=O) groups excluding carboxylic acids is 1. The Morgan fingerprint density at radius 1 is 1.40 bits per heavy atom. The Morgan fingerprint density at radius 3 is 3.00 bits per heavy atom. The Kier molecular flexibility index (Phi) is 4.58. The van der Waals surface area contributed by atoms with Gasteiger partial charge >= 0.3 is 0 Å². The Balaban J connectivity index is 1.24. The van der Waals surface area contributed by atoms with Gasteiger partial charge in [0, 0.05) is 37.7 Å². The highest BCUT2D eigenvalue weighted by Crippen LogP contribution is 2.38. The van der Waals surface area contributed by atoms with E-state index in [2.05, 4.69) is 4.98 Å². The van der Waals surface area contributed by atoms with Gasteiger partial charge in [-0.05, 0) is 37.2 Å².